The molecule has 3 rings (SSSR count). The van der Waals surface area contributed by atoms with Gasteiger partial charge in [-0.05, 0) is 80.5 Å². The van der Waals surface area contributed by atoms with E-state index >= 15 is 0 Å². The molecular formula is C29H40N2O4. The maximum absolute atomic E-state index is 13.5. The summed E-state index contributed by atoms with van der Waals surface area (Å²) in [6, 6.07) is 11.3. The molecule has 6 heteroatoms. The fourth-order valence-corrected chi connectivity index (χ4v) is 4.76. The normalized spacial score (nSPS) is 14.8. The molecule has 1 atom stereocenters. The smallest absolute Gasteiger partial charge is 0.261 e. The van der Waals surface area contributed by atoms with Crippen molar-refractivity contribution in [2.24, 2.45) is 0 Å². The second kappa shape index (κ2) is 12.6. The first kappa shape index (κ1) is 26.6. The first-order chi connectivity index (χ1) is 16.8. The highest BCUT2D eigenvalue weighted by Crippen LogP contribution is 2.24. The topological polar surface area (TPSA) is 67.9 Å². The lowest BCUT2D eigenvalue weighted by Gasteiger charge is -2.32. The summed E-state index contributed by atoms with van der Waals surface area (Å²) in [5.74, 6) is 1.18. The van der Waals surface area contributed by atoms with E-state index in [2.05, 4.69) is 11.4 Å². The standard InChI is InChI=1S/C29H40N2O4/c1-6-26(29(33)30-24-10-8-7-9-11-24)31(18-23-12-14-25(34-5)15-13-23)28(32)19-35-27-17-20(2)16-21(3)22(27)4/h12-17,24,26H,6-11,18-19H2,1-5H3,(H,30,33)/t26-/m0/s1. The average Bonchev–Trinajstić information content (AvgIpc) is 2.86. The van der Waals surface area contributed by atoms with E-state index in [1.165, 1.54) is 6.42 Å². The maximum Gasteiger partial charge on any atom is 0.261 e. The van der Waals surface area contributed by atoms with Gasteiger partial charge >= 0.3 is 0 Å². The molecule has 6 nitrogen and oxygen atoms in total. The minimum Gasteiger partial charge on any atom is -0.497 e. The first-order valence-corrected chi connectivity index (χ1v) is 12.8. The Labute approximate surface area is 210 Å². The van der Waals surface area contributed by atoms with Crippen LogP contribution < -0.4 is 14.8 Å². The van der Waals surface area contributed by atoms with Gasteiger partial charge in [-0.1, -0.05) is 44.4 Å². The van der Waals surface area contributed by atoms with E-state index in [9.17, 15) is 9.59 Å². The molecule has 1 fully saturated rings. The summed E-state index contributed by atoms with van der Waals surface area (Å²) >= 11 is 0. The Balaban J connectivity index is 1.79. The number of aryl methyl sites for hydroxylation is 2. The number of hydrogen-bond acceptors (Lipinski definition) is 4. The molecule has 0 spiro atoms. The summed E-state index contributed by atoms with van der Waals surface area (Å²) in [5.41, 5.74) is 4.17. The van der Waals surface area contributed by atoms with Gasteiger partial charge in [-0.3, -0.25) is 9.59 Å². The zero-order valence-electron chi connectivity index (χ0n) is 21.9. The van der Waals surface area contributed by atoms with E-state index in [4.69, 9.17) is 9.47 Å². The Hall–Kier alpha value is -3.02. The minimum atomic E-state index is -0.560. The van der Waals surface area contributed by atoms with Crippen molar-refractivity contribution in [3.8, 4) is 11.5 Å². The predicted molar refractivity (Wildman–Crippen MR) is 139 cm³/mol. The number of hydrogen-bond donors (Lipinski definition) is 1. The molecule has 0 saturated heterocycles. The van der Waals surface area contributed by atoms with Gasteiger partial charge in [-0.2, -0.15) is 0 Å². The van der Waals surface area contributed by atoms with Crippen molar-refractivity contribution in [2.75, 3.05) is 13.7 Å². The fraction of sp³-hybridized carbons (Fsp3) is 0.517. The van der Waals surface area contributed by atoms with E-state index in [0.717, 1.165) is 53.7 Å². The molecule has 2 amide bonds. The van der Waals surface area contributed by atoms with Crippen LogP contribution in [0, 0.1) is 20.8 Å². The van der Waals surface area contributed by atoms with Crippen molar-refractivity contribution < 1.29 is 19.1 Å². The van der Waals surface area contributed by atoms with Crippen molar-refractivity contribution in [2.45, 2.75) is 84.8 Å². The lowest BCUT2D eigenvalue weighted by molar-refractivity contribution is -0.143. The second-order valence-electron chi connectivity index (χ2n) is 9.63. The number of carbonyl (C=O) groups excluding carboxylic acids is 2. The van der Waals surface area contributed by atoms with Gasteiger partial charge in [0.2, 0.25) is 5.91 Å². The number of nitrogens with zero attached hydrogens (tertiary/aromatic N) is 1. The molecule has 0 bridgehead atoms. The van der Waals surface area contributed by atoms with Crippen molar-refractivity contribution in [3.05, 3.63) is 58.7 Å². The molecule has 2 aromatic rings. The van der Waals surface area contributed by atoms with Crippen LogP contribution in [0.25, 0.3) is 0 Å². The van der Waals surface area contributed by atoms with Crippen LogP contribution in [0.15, 0.2) is 36.4 Å². The van der Waals surface area contributed by atoms with E-state index in [-0.39, 0.29) is 24.5 Å². The van der Waals surface area contributed by atoms with Crippen molar-refractivity contribution >= 4 is 11.8 Å². The average molecular weight is 481 g/mol. The zero-order chi connectivity index (χ0) is 25.4. The number of benzene rings is 2. The van der Waals surface area contributed by atoms with Crippen LogP contribution in [0.3, 0.4) is 0 Å². The highest BCUT2D eigenvalue weighted by atomic mass is 16.5. The van der Waals surface area contributed by atoms with Gasteiger partial charge in [-0.25, -0.2) is 0 Å². The van der Waals surface area contributed by atoms with E-state index in [0.29, 0.717) is 18.7 Å². The molecule has 1 N–H and O–H groups in total. The first-order valence-electron chi connectivity index (χ1n) is 12.8. The summed E-state index contributed by atoms with van der Waals surface area (Å²) in [5, 5.41) is 3.21. The van der Waals surface area contributed by atoms with E-state index < -0.39 is 6.04 Å². The Morgan fingerprint density at radius 1 is 1.06 bits per heavy atom. The molecule has 1 aliphatic rings. The van der Waals surface area contributed by atoms with Gasteiger partial charge in [0.15, 0.2) is 6.61 Å². The number of rotatable bonds is 10. The van der Waals surface area contributed by atoms with Crippen molar-refractivity contribution in [1.29, 1.82) is 0 Å². The van der Waals surface area contributed by atoms with E-state index in [1.807, 2.05) is 58.0 Å². The lowest BCUT2D eigenvalue weighted by atomic mass is 9.95. The molecule has 35 heavy (non-hydrogen) atoms. The Morgan fingerprint density at radius 2 is 1.74 bits per heavy atom. The second-order valence-corrected chi connectivity index (χ2v) is 9.63. The number of nitrogens with one attached hydrogen (secondary N) is 1. The fourth-order valence-electron chi connectivity index (χ4n) is 4.76. The highest BCUT2D eigenvalue weighted by molar-refractivity contribution is 5.88. The Bertz CT molecular complexity index is 996. The summed E-state index contributed by atoms with van der Waals surface area (Å²) in [6.07, 6.45) is 6.04. The van der Waals surface area contributed by atoms with Crippen molar-refractivity contribution in [1.82, 2.24) is 10.2 Å². The van der Waals surface area contributed by atoms with Gasteiger partial charge in [0.25, 0.3) is 5.91 Å². The van der Waals surface area contributed by atoms with E-state index in [1.54, 1.807) is 12.0 Å². The largest absolute Gasteiger partial charge is 0.497 e. The third-order valence-corrected chi connectivity index (χ3v) is 6.96. The maximum atomic E-state index is 13.5. The summed E-state index contributed by atoms with van der Waals surface area (Å²) in [6.45, 7) is 8.21. The summed E-state index contributed by atoms with van der Waals surface area (Å²) in [7, 11) is 1.62. The van der Waals surface area contributed by atoms with Gasteiger partial charge < -0.3 is 19.7 Å². The Kier molecular flexibility index (Phi) is 9.58. The van der Waals surface area contributed by atoms with Gasteiger partial charge in [-0.15, -0.1) is 0 Å². The minimum absolute atomic E-state index is 0.0798. The quantitative estimate of drug-likeness (QED) is 0.504. The molecule has 0 radical (unpaired) electrons. The summed E-state index contributed by atoms with van der Waals surface area (Å²) in [4.78, 5) is 28.5. The number of amides is 2. The van der Waals surface area contributed by atoms with Crippen molar-refractivity contribution in [3.63, 3.8) is 0 Å². The molecule has 190 valence electrons. The van der Waals surface area contributed by atoms with Crippen LogP contribution in [0.1, 0.15) is 67.7 Å². The number of methoxy groups -OCH3 is 1. The zero-order valence-corrected chi connectivity index (χ0v) is 21.9. The van der Waals surface area contributed by atoms with Crippen LogP contribution in [0.5, 0.6) is 11.5 Å². The molecule has 1 saturated carbocycles. The SMILES string of the molecule is CC[C@@H](C(=O)NC1CCCCC1)N(Cc1ccc(OC)cc1)C(=O)COc1cc(C)cc(C)c1C. The predicted octanol–water partition coefficient (Wildman–Crippen LogP) is 5.26. The molecular weight excluding hydrogens is 440 g/mol. The van der Waals surface area contributed by atoms with Gasteiger partial charge in [0.05, 0.1) is 7.11 Å². The van der Waals surface area contributed by atoms with Crippen LogP contribution >= 0.6 is 0 Å². The molecule has 0 heterocycles. The highest BCUT2D eigenvalue weighted by Gasteiger charge is 2.30. The van der Waals surface area contributed by atoms with Gasteiger partial charge in [0, 0.05) is 12.6 Å². The van der Waals surface area contributed by atoms with Gasteiger partial charge in [0.1, 0.15) is 17.5 Å². The van der Waals surface area contributed by atoms with Crippen LogP contribution in [-0.4, -0.2) is 42.5 Å². The third kappa shape index (κ3) is 7.23. The number of carbonyl (C=O) groups is 2. The molecule has 0 unspecified atom stereocenters. The van der Waals surface area contributed by atoms with Crippen LogP contribution in [0.4, 0.5) is 0 Å². The summed E-state index contributed by atoms with van der Waals surface area (Å²) < 4.78 is 11.3. The lowest BCUT2D eigenvalue weighted by Crippen LogP contribution is -2.52. The monoisotopic (exact) mass is 480 g/mol. The van der Waals surface area contributed by atoms with Crippen LogP contribution in [-0.2, 0) is 16.1 Å². The molecule has 0 aliphatic heterocycles. The Morgan fingerprint density at radius 3 is 2.37 bits per heavy atom. The third-order valence-electron chi connectivity index (χ3n) is 6.96. The van der Waals surface area contributed by atoms with Crippen LogP contribution in [0.2, 0.25) is 0 Å². The molecule has 2 aromatic carbocycles. The molecule has 0 aromatic heterocycles. The molecule has 1 aliphatic carbocycles. The number of ether oxygens (including phenoxy) is 2.